The molecule has 0 atom stereocenters. The first-order valence-corrected chi connectivity index (χ1v) is 7.11. The van der Waals surface area contributed by atoms with E-state index in [-0.39, 0.29) is 0 Å². The standard InChI is InChI=1S/C19H16N2O/c20-19(22)16-9-7-15(8-10-16)18-6-2-1-5-17(18)12-14-4-3-11-21-13-14/h1-11,13H,12H2,(H2,20,22). The van der Waals surface area contributed by atoms with Crippen LogP contribution >= 0.6 is 0 Å². The smallest absolute Gasteiger partial charge is 0.248 e. The number of hydrogen-bond acceptors (Lipinski definition) is 2. The molecule has 3 heteroatoms. The lowest BCUT2D eigenvalue weighted by Crippen LogP contribution is -2.10. The number of rotatable bonds is 4. The van der Waals surface area contributed by atoms with Crippen LogP contribution in [0.15, 0.2) is 73.1 Å². The van der Waals surface area contributed by atoms with Crippen molar-refractivity contribution in [2.45, 2.75) is 6.42 Å². The number of aromatic nitrogens is 1. The van der Waals surface area contributed by atoms with Crippen LogP contribution in [0.4, 0.5) is 0 Å². The molecule has 0 aliphatic heterocycles. The quantitative estimate of drug-likeness (QED) is 0.799. The Kier molecular flexibility index (Phi) is 3.97. The van der Waals surface area contributed by atoms with Crippen molar-refractivity contribution in [3.63, 3.8) is 0 Å². The molecular formula is C19H16N2O. The second-order valence-corrected chi connectivity index (χ2v) is 5.14. The van der Waals surface area contributed by atoms with Crippen LogP contribution in [0.5, 0.6) is 0 Å². The predicted molar refractivity (Wildman–Crippen MR) is 87.4 cm³/mol. The van der Waals surface area contributed by atoms with Gasteiger partial charge in [0.05, 0.1) is 0 Å². The van der Waals surface area contributed by atoms with Gasteiger partial charge in [0.2, 0.25) is 5.91 Å². The van der Waals surface area contributed by atoms with Crippen molar-refractivity contribution in [3.8, 4) is 11.1 Å². The molecule has 1 heterocycles. The third-order valence-corrected chi connectivity index (χ3v) is 3.62. The van der Waals surface area contributed by atoms with Crippen LogP contribution in [0.2, 0.25) is 0 Å². The lowest BCUT2D eigenvalue weighted by molar-refractivity contribution is 0.100. The monoisotopic (exact) mass is 288 g/mol. The molecule has 0 saturated heterocycles. The molecule has 0 aliphatic carbocycles. The van der Waals surface area contributed by atoms with Gasteiger partial charge in [0, 0.05) is 18.0 Å². The van der Waals surface area contributed by atoms with Crippen molar-refractivity contribution in [1.82, 2.24) is 4.98 Å². The highest BCUT2D eigenvalue weighted by atomic mass is 16.1. The zero-order valence-corrected chi connectivity index (χ0v) is 12.1. The van der Waals surface area contributed by atoms with E-state index in [1.807, 2.05) is 36.5 Å². The van der Waals surface area contributed by atoms with Gasteiger partial charge < -0.3 is 5.73 Å². The Labute approximate surface area is 129 Å². The normalized spacial score (nSPS) is 10.4. The number of benzene rings is 2. The molecule has 3 rings (SSSR count). The summed E-state index contributed by atoms with van der Waals surface area (Å²) >= 11 is 0. The van der Waals surface area contributed by atoms with Crippen LogP contribution in [0.3, 0.4) is 0 Å². The van der Waals surface area contributed by atoms with Crippen molar-refractivity contribution in [3.05, 3.63) is 89.7 Å². The summed E-state index contributed by atoms with van der Waals surface area (Å²) in [6.45, 7) is 0. The van der Waals surface area contributed by atoms with Crippen LogP contribution in [-0.4, -0.2) is 10.9 Å². The van der Waals surface area contributed by atoms with E-state index >= 15 is 0 Å². The number of primary amides is 1. The molecule has 0 unspecified atom stereocenters. The summed E-state index contributed by atoms with van der Waals surface area (Å²) in [6, 6.07) is 19.7. The van der Waals surface area contributed by atoms with Crippen LogP contribution in [0.25, 0.3) is 11.1 Å². The first-order valence-electron chi connectivity index (χ1n) is 7.11. The van der Waals surface area contributed by atoms with E-state index in [1.54, 1.807) is 18.3 Å². The third-order valence-electron chi connectivity index (χ3n) is 3.62. The summed E-state index contributed by atoms with van der Waals surface area (Å²) < 4.78 is 0. The third kappa shape index (κ3) is 3.04. The van der Waals surface area contributed by atoms with Gasteiger partial charge in [-0.05, 0) is 46.9 Å². The molecule has 0 aliphatic rings. The van der Waals surface area contributed by atoms with Crippen LogP contribution < -0.4 is 5.73 Å². The van der Waals surface area contributed by atoms with E-state index in [2.05, 4.69) is 23.2 Å². The van der Waals surface area contributed by atoms with Crippen LogP contribution in [0, 0.1) is 0 Å². The molecular weight excluding hydrogens is 272 g/mol. The highest BCUT2D eigenvalue weighted by Crippen LogP contribution is 2.25. The van der Waals surface area contributed by atoms with Crippen molar-refractivity contribution in [2.75, 3.05) is 0 Å². The zero-order valence-electron chi connectivity index (χ0n) is 12.1. The van der Waals surface area contributed by atoms with E-state index in [9.17, 15) is 4.79 Å². The molecule has 22 heavy (non-hydrogen) atoms. The van der Waals surface area contributed by atoms with Gasteiger partial charge in [0.1, 0.15) is 0 Å². The number of carbonyl (C=O) groups is 1. The van der Waals surface area contributed by atoms with E-state index in [0.29, 0.717) is 5.56 Å². The number of nitrogens with zero attached hydrogens (tertiary/aromatic N) is 1. The fraction of sp³-hybridized carbons (Fsp3) is 0.0526. The maximum Gasteiger partial charge on any atom is 0.248 e. The molecule has 2 N–H and O–H groups in total. The molecule has 3 aromatic rings. The van der Waals surface area contributed by atoms with Gasteiger partial charge in [-0.25, -0.2) is 0 Å². The van der Waals surface area contributed by atoms with Gasteiger partial charge in [-0.3, -0.25) is 9.78 Å². The van der Waals surface area contributed by atoms with Crippen molar-refractivity contribution < 1.29 is 4.79 Å². The minimum atomic E-state index is -0.407. The summed E-state index contributed by atoms with van der Waals surface area (Å²) in [5.74, 6) is -0.407. The Morgan fingerprint density at radius 3 is 2.41 bits per heavy atom. The number of amides is 1. The predicted octanol–water partition coefficient (Wildman–Crippen LogP) is 3.44. The molecule has 0 radical (unpaired) electrons. The summed E-state index contributed by atoms with van der Waals surface area (Å²) in [5, 5.41) is 0. The zero-order chi connectivity index (χ0) is 15.4. The number of pyridine rings is 1. The molecule has 108 valence electrons. The number of carbonyl (C=O) groups excluding carboxylic acids is 1. The highest BCUT2D eigenvalue weighted by molar-refractivity contribution is 5.93. The van der Waals surface area contributed by atoms with Gasteiger partial charge in [0.25, 0.3) is 0 Å². The number of hydrogen-bond donors (Lipinski definition) is 1. The average Bonchev–Trinajstić information content (AvgIpc) is 2.56. The lowest BCUT2D eigenvalue weighted by Gasteiger charge is -2.10. The fourth-order valence-corrected chi connectivity index (χ4v) is 2.49. The Balaban J connectivity index is 1.95. The van der Waals surface area contributed by atoms with Crippen LogP contribution in [-0.2, 0) is 6.42 Å². The maximum atomic E-state index is 11.2. The van der Waals surface area contributed by atoms with Gasteiger partial charge in [-0.1, -0.05) is 42.5 Å². The van der Waals surface area contributed by atoms with E-state index < -0.39 is 5.91 Å². The van der Waals surface area contributed by atoms with Crippen molar-refractivity contribution >= 4 is 5.91 Å². The Hall–Kier alpha value is -2.94. The molecule has 2 aromatic carbocycles. The second-order valence-electron chi connectivity index (χ2n) is 5.14. The van der Waals surface area contributed by atoms with E-state index in [4.69, 9.17) is 5.73 Å². The van der Waals surface area contributed by atoms with Crippen molar-refractivity contribution in [1.29, 1.82) is 0 Å². The summed E-state index contributed by atoms with van der Waals surface area (Å²) in [4.78, 5) is 15.3. The molecule has 0 fully saturated rings. The Bertz CT molecular complexity index is 780. The molecule has 3 nitrogen and oxygen atoms in total. The van der Waals surface area contributed by atoms with E-state index in [1.165, 1.54) is 11.1 Å². The molecule has 0 spiro atoms. The average molecular weight is 288 g/mol. The SMILES string of the molecule is NC(=O)c1ccc(-c2ccccc2Cc2cccnc2)cc1. The minimum Gasteiger partial charge on any atom is -0.366 e. The topological polar surface area (TPSA) is 56.0 Å². The van der Waals surface area contributed by atoms with Crippen molar-refractivity contribution in [2.24, 2.45) is 5.73 Å². The summed E-state index contributed by atoms with van der Waals surface area (Å²) in [7, 11) is 0. The molecule has 1 amide bonds. The fourth-order valence-electron chi connectivity index (χ4n) is 2.49. The summed E-state index contributed by atoms with van der Waals surface area (Å²) in [6.07, 6.45) is 4.48. The molecule has 0 bridgehead atoms. The first-order chi connectivity index (χ1) is 10.7. The van der Waals surface area contributed by atoms with Gasteiger partial charge in [-0.2, -0.15) is 0 Å². The Morgan fingerprint density at radius 1 is 0.955 bits per heavy atom. The second kappa shape index (κ2) is 6.22. The maximum absolute atomic E-state index is 11.2. The molecule has 0 saturated carbocycles. The largest absolute Gasteiger partial charge is 0.366 e. The summed E-state index contributed by atoms with van der Waals surface area (Å²) in [5.41, 5.74) is 10.4. The van der Waals surface area contributed by atoms with E-state index in [0.717, 1.165) is 17.5 Å². The lowest BCUT2D eigenvalue weighted by atomic mass is 9.95. The first kappa shape index (κ1) is 14.0. The Morgan fingerprint density at radius 2 is 1.73 bits per heavy atom. The molecule has 1 aromatic heterocycles. The van der Waals surface area contributed by atoms with Gasteiger partial charge >= 0.3 is 0 Å². The highest BCUT2D eigenvalue weighted by Gasteiger charge is 2.07. The number of nitrogens with two attached hydrogens (primary N) is 1. The van der Waals surface area contributed by atoms with Gasteiger partial charge in [-0.15, -0.1) is 0 Å². The van der Waals surface area contributed by atoms with Crippen LogP contribution in [0.1, 0.15) is 21.5 Å². The van der Waals surface area contributed by atoms with Gasteiger partial charge in [0.15, 0.2) is 0 Å². The minimum absolute atomic E-state index is 0.407.